The van der Waals surface area contributed by atoms with Crippen molar-refractivity contribution in [2.75, 3.05) is 0 Å². The highest BCUT2D eigenvalue weighted by Gasteiger charge is 2.24. The molecule has 0 aliphatic heterocycles. The molecule has 2 heterocycles. The number of hydrogen-bond donors (Lipinski definition) is 0. The summed E-state index contributed by atoms with van der Waals surface area (Å²) in [6, 6.07) is 56.6. The Bertz CT molecular complexity index is 3110. The first-order chi connectivity index (χ1) is 32.0. The number of allylic oxidation sites excluding steroid dienone is 10. The molecule has 314 valence electrons. The molecule has 0 saturated heterocycles. The fraction of sp³-hybridized carbons (Fsp3) is 0.119. The molecule has 2 aliphatic rings. The molecule has 0 amide bonds. The van der Waals surface area contributed by atoms with Gasteiger partial charge in [0, 0.05) is 33.4 Å². The third kappa shape index (κ3) is 8.71. The van der Waals surface area contributed by atoms with Crippen molar-refractivity contribution in [3.63, 3.8) is 0 Å². The number of nitrogens with zero attached hydrogens (tertiary/aromatic N) is 6. The Kier molecular flexibility index (Phi) is 11.6. The number of rotatable bonds is 10. The molecule has 0 radical (unpaired) electrons. The van der Waals surface area contributed by atoms with Gasteiger partial charge in [-0.2, -0.15) is 0 Å². The highest BCUT2D eigenvalue weighted by molar-refractivity contribution is 6.04. The van der Waals surface area contributed by atoms with Gasteiger partial charge in [0.05, 0.1) is 0 Å². The predicted octanol–water partition coefficient (Wildman–Crippen LogP) is 14.6. The van der Waals surface area contributed by atoms with Crippen LogP contribution in [0.1, 0.15) is 57.0 Å². The second-order valence-corrected chi connectivity index (χ2v) is 16.6. The van der Waals surface area contributed by atoms with Crippen molar-refractivity contribution in [2.24, 2.45) is 5.92 Å². The highest BCUT2D eigenvalue weighted by Crippen LogP contribution is 2.44. The summed E-state index contributed by atoms with van der Waals surface area (Å²) in [5, 5.41) is 0. The Hall–Kier alpha value is -7.96. The van der Waals surface area contributed by atoms with Gasteiger partial charge in [-0.25, -0.2) is 29.9 Å². The first kappa shape index (κ1) is 41.1. The van der Waals surface area contributed by atoms with E-state index in [9.17, 15) is 0 Å². The Morgan fingerprint density at radius 3 is 1.35 bits per heavy atom. The summed E-state index contributed by atoms with van der Waals surface area (Å²) in [7, 11) is 0. The topological polar surface area (TPSA) is 77.3 Å². The molecule has 0 bridgehead atoms. The molecule has 10 rings (SSSR count). The lowest BCUT2D eigenvalue weighted by atomic mass is 9.77. The molecule has 0 N–H and O–H groups in total. The van der Waals surface area contributed by atoms with Gasteiger partial charge in [0.2, 0.25) is 0 Å². The molecule has 65 heavy (non-hydrogen) atoms. The first-order valence-electron chi connectivity index (χ1n) is 22.5. The molecule has 0 saturated carbocycles. The van der Waals surface area contributed by atoms with Crippen molar-refractivity contribution < 1.29 is 0 Å². The lowest BCUT2D eigenvalue weighted by Crippen LogP contribution is -2.09. The molecule has 2 aromatic heterocycles. The van der Waals surface area contributed by atoms with Crippen LogP contribution in [0, 0.1) is 5.92 Å². The maximum absolute atomic E-state index is 4.99. The van der Waals surface area contributed by atoms with Gasteiger partial charge in [-0.1, -0.05) is 208 Å². The van der Waals surface area contributed by atoms with Gasteiger partial charge in [-0.15, -0.1) is 0 Å². The SMILES string of the molecule is CC/C(C)=C1/C(c2cccc(-c3ccc(-c4nc(C5=CCCC=C5)nc(-c5ccccc5)n4)cc3)c2)=C(c2ccc(-c3nc(-c4ccccc4)nc(-c4ccccc4)n3)cc2)C=CC1C. The van der Waals surface area contributed by atoms with Crippen LogP contribution in [0.5, 0.6) is 0 Å². The van der Waals surface area contributed by atoms with Crippen molar-refractivity contribution in [3.8, 4) is 68.1 Å². The van der Waals surface area contributed by atoms with E-state index >= 15 is 0 Å². The fourth-order valence-corrected chi connectivity index (χ4v) is 8.67. The lowest BCUT2D eigenvalue weighted by Gasteiger charge is -2.27. The molecule has 1 unspecified atom stereocenters. The normalized spacial score (nSPS) is 15.5. The van der Waals surface area contributed by atoms with Gasteiger partial charge < -0.3 is 0 Å². The number of aromatic nitrogens is 6. The lowest BCUT2D eigenvalue weighted by molar-refractivity contribution is 0.858. The molecule has 1 atom stereocenters. The predicted molar refractivity (Wildman–Crippen MR) is 267 cm³/mol. The Labute approximate surface area is 381 Å². The van der Waals surface area contributed by atoms with Crippen molar-refractivity contribution in [1.82, 2.24) is 29.9 Å². The summed E-state index contributed by atoms with van der Waals surface area (Å²) in [6.45, 7) is 6.83. The summed E-state index contributed by atoms with van der Waals surface area (Å²) in [4.78, 5) is 29.8. The molecule has 6 nitrogen and oxygen atoms in total. The summed E-state index contributed by atoms with van der Waals surface area (Å²) >= 11 is 0. The van der Waals surface area contributed by atoms with Crippen LogP contribution < -0.4 is 0 Å². The maximum atomic E-state index is 4.99. The van der Waals surface area contributed by atoms with E-state index in [1.165, 1.54) is 27.9 Å². The average molecular weight is 841 g/mol. The van der Waals surface area contributed by atoms with E-state index in [1.807, 2.05) is 91.0 Å². The van der Waals surface area contributed by atoms with Gasteiger partial charge in [-0.05, 0) is 77.1 Å². The van der Waals surface area contributed by atoms with Crippen LogP contribution in [0.15, 0.2) is 205 Å². The van der Waals surface area contributed by atoms with E-state index in [0.29, 0.717) is 34.9 Å². The second-order valence-electron chi connectivity index (χ2n) is 16.6. The van der Waals surface area contributed by atoms with Crippen LogP contribution in [0.25, 0.3) is 84.8 Å². The monoisotopic (exact) mass is 840 g/mol. The van der Waals surface area contributed by atoms with E-state index in [1.54, 1.807) is 0 Å². The minimum atomic E-state index is 0.264. The summed E-state index contributed by atoms with van der Waals surface area (Å²) in [5.41, 5.74) is 15.6. The zero-order valence-corrected chi connectivity index (χ0v) is 36.9. The van der Waals surface area contributed by atoms with E-state index in [2.05, 4.69) is 124 Å². The summed E-state index contributed by atoms with van der Waals surface area (Å²) < 4.78 is 0. The molecule has 2 aliphatic carbocycles. The number of hydrogen-bond acceptors (Lipinski definition) is 6. The van der Waals surface area contributed by atoms with Gasteiger partial charge in [-0.3, -0.25) is 0 Å². The van der Waals surface area contributed by atoms with Gasteiger partial charge >= 0.3 is 0 Å². The van der Waals surface area contributed by atoms with Crippen molar-refractivity contribution in [1.29, 1.82) is 0 Å². The third-order valence-electron chi connectivity index (χ3n) is 12.2. The van der Waals surface area contributed by atoms with E-state index < -0.39 is 0 Å². The molecule has 6 aromatic carbocycles. The van der Waals surface area contributed by atoms with Gasteiger partial charge in [0.15, 0.2) is 34.9 Å². The zero-order chi connectivity index (χ0) is 44.1. The minimum absolute atomic E-state index is 0.264. The van der Waals surface area contributed by atoms with E-state index in [0.717, 1.165) is 69.3 Å². The van der Waals surface area contributed by atoms with Gasteiger partial charge in [0.1, 0.15) is 0 Å². The minimum Gasteiger partial charge on any atom is -0.208 e. The molecular formula is C59H48N6. The van der Waals surface area contributed by atoms with Crippen LogP contribution >= 0.6 is 0 Å². The Morgan fingerprint density at radius 1 is 0.446 bits per heavy atom. The molecule has 6 heteroatoms. The highest BCUT2D eigenvalue weighted by atomic mass is 15.0. The quantitative estimate of drug-likeness (QED) is 0.136. The molecule has 8 aromatic rings. The smallest absolute Gasteiger partial charge is 0.164 e. The van der Waals surface area contributed by atoms with Crippen LogP contribution in [-0.4, -0.2) is 29.9 Å². The summed E-state index contributed by atoms with van der Waals surface area (Å²) in [6.07, 6.45) is 14.1. The van der Waals surface area contributed by atoms with Gasteiger partial charge in [0.25, 0.3) is 0 Å². The van der Waals surface area contributed by atoms with Crippen molar-refractivity contribution >= 4 is 16.7 Å². The first-order valence-corrected chi connectivity index (χ1v) is 22.5. The van der Waals surface area contributed by atoms with Crippen molar-refractivity contribution in [2.45, 2.75) is 40.0 Å². The zero-order valence-electron chi connectivity index (χ0n) is 36.9. The average Bonchev–Trinajstić information content (AvgIpc) is 3.39. The van der Waals surface area contributed by atoms with Crippen molar-refractivity contribution in [3.05, 3.63) is 222 Å². The fourth-order valence-electron chi connectivity index (χ4n) is 8.67. The van der Waals surface area contributed by atoms with Crippen LogP contribution in [-0.2, 0) is 0 Å². The standard InChI is InChI=1S/C59H48N6/c1-4-39(2)52-40(3)28-37-51(42-31-35-48(36-32-42)59-64-56(45-22-13-7-14-23-45)61-57(65-59)46-24-15-8-16-25-46)53(52)50-27-17-26-49(38-50)41-29-33-47(34-30-41)58-62-54(43-18-9-5-10-19-43)60-55(63-58)44-20-11-6-12-21-44/h5,7-11,13-38,40H,4,6,12H2,1-3H3/b52-39+. The van der Waals surface area contributed by atoms with Crippen LogP contribution in [0.2, 0.25) is 0 Å². The van der Waals surface area contributed by atoms with E-state index in [-0.39, 0.29) is 5.92 Å². The number of benzene rings is 6. The Morgan fingerprint density at radius 2 is 0.877 bits per heavy atom. The third-order valence-corrected chi connectivity index (χ3v) is 12.2. The maximum Gasteiger partial charge on any atom is 0.164 e. The van der Waals surface area contributed by atoms with Crippen LogP contribution in [0.4, 0.5) is 0 Å². The van der Waals surface area contributed by atoms with Crippen LogP contribution in [0.3, 0.4) is 0 Å². The Balaban J connectivity index is 1.01. The summed E-state index contributed by atoms with van der Waals surface area (Å²) in [5.74, 6) is 4.22. The molecular weight excluding hydrogens is 793 g/mol. The molecule has 0 spiro atoms. The van der Waals surface area contributed by atoms with E-state index in [4.69, 9.17) is 29.9 Å². The largest absolute Gasteiger partial charge is 0.208 e. The molecule has 0 fully saturated rings. The second kappa shape index (κ2) is 18.4.